The van der Waals surface area contributed by atoms with Crippen molar-refractivity contribution in [1.29, 1.82) is 0 Å². The summed E-state index contributed by atoms with van der Waals surface area (Å²) in [6, 6.07) is 5.29. The number of aromatic hydroxyl groups is 1. The Labute approximate surface area is 120 Å². The zero-order valence-electron chi connectivity index (χ0n) is 12.5. The number of carbonyl (C=O) groups excluding carboxylic acids is 1. The summed E-state index contributed by atoms with van der Waals surface area (Å²) in [5.74, 6) is 0.825. The lowest BCUT2D eigenvalue weighted by Crippen LogP contribution is -2.46. The quantitative estimate of drug-likeness (QED) is 0.917. The van der Waals surface area contributed by atoms with E-state index >= 15 is 0 Å². The highest BCUT2D eigenvalue weighted by atomic mass is 16.5. The molecule has 4 nitrogen and oxygen atoms in total. The van der Waals surface area contributed by atoms with Crippen LogP contribution in [-0.4, -0.2) is 43.0 Å². The Balaban J connectivity index is 2.44. The van der Waals surface area contributed by atoms with E-state index in [4.69, 9.17) is 4.74 Å². The Morgan fingerprint density at radius 2 is 2.05 bits per heavy atom. The molecule has 0 aliphatic carbocycles. The molecule has 4 heteroatoms. The minimum absolute atomic E-state index is 0.114. The van der Waals surface area contributed by atoms with Crippen molar-refractivity contribution in [3.8, 4) is 11.5 Å². The number of carbonyl (C=O) groups is 1. The van der Waals surface area contributed by atoms with E-state index in [9.17, 15) is 9.90 Å². The number of benzene rings is 1. The van der Waals surface area contributed by atoms with Gasteiger partial charge in [0.2, 0.25) is 0 Å². The zero-order chi connectivity index (χ0) is 14.8. The molecule has 0 bridgehead atoms. The van der Waals surface area contributed by atoms with E-state index in [1.165, 1.54) is 7.11 Å². The molecule has 1 heterocycles. The average molecular weight is 277 g/mol. The van der Waals surface area contributed by atoms with E-state index in [0.29, 0.717) is 12.2 Å². The molecule has 0 atom stereocenters. The number of Topliss-reactive ketones (excluding diaryl/α,β-unsaturated/α-hetero) is 1. The molecule has 0 aromatic heterocycles. The SMILES string of the molecule is CCC(=O)C1(c2ccc(O)c(OC)c2)CCN(C)CC1. The first kappa shape index (κ1) is 14.9. The number of likely N-dealkylation sites (tertiary alicyclic amines) is 1. The fourth-order valence-corrected chi connectivity index (χ4v) is 3.04. The number of methoxy groups -OCH3 is 1. The van der Waals surface area contributed by atoms with Crippen LogP contribution in [0.5, 0.6) is 11.5 Å². The lowest BCUT2D eigenvalue weighted by atomic mass is 9.69. The predicted octanol–water partition coefficient (Wildman–Crippen LogP) is 2.34. The number of phenols is 1. The fourth-order valence-electron chi connectivity index (χ4n) is 3.04. The molecule has 1 aliphatic rings. The van der Waals surface area contributed by atoms with Gasteiger partial charge in [-0.3, -0.25) is 4.79 Å². The van der Waals surface area contributed by atoms with Crippen LogP contribution in [0.1, 0.15) is 31.7 Å². The molecule has 2 rings (SSSR count). The van der Waals surface area contributed by atoms with Crippen molar-refractivity contribution in [2.75, 3.05) is 27.2 Å². The normalized spacial score (nSPS) is 18.8. The molecule has 1 aromatic carbocycles. The molecule has 0 unspecified atom stereocenters. The second-order valence-corrected chi connectivity index (χ2v) is 5.55. The van der Waals surface area contributed by atoms with Crippen LogP contribution in [0.25, 0.3) is 0 Å². The summed E-state index contributed by atoms with van der Waals surface area (Å²) in [5.41, 5.74) is 0.537. The molecule has 0 radical (unpaired) electrons. The molecule has 1 saturated heterocycles. The van der Waals surface area contributed by atoms with Crippen LogP contribution in [0, 0.1) is 0 Å². The summed E-state index contributed by atoms with van der Waals surface area (Å²) in [6.45, 7) is 3.74. The molecule has 0 spiro atoms. The summed E-state index contributed by atoms with van der Waals surface area (Å²) in [4.78, 5) is 14.8. The van der Waals surface area contributed by atoms with Crippen LogP contribution in [0.2, 0.25) is 0 Å². The lowest BCUT2D eigenvalue weighted by Gasteiger charge is -2.40. The topological polar surface area (TPSA) is 49.8 Å². The van der Waals surface area contributed by atoms with Crippen LogP contribution in [0.4, 0.5) is 0 Å². The second kappa shape index (κ2) is 5.83. The predicted molar refractivity (Wildman–Crippen MR) is 78.4 cm³/mol. The molecule has 1 aromatic rings. The van der Waals surface area contributed by atoms with Gasteiger partial charge in [-0.15, -0.1) is 0 Å². The fraction of sp³-hybridized carbons (Fsp3) is 0.562. The number of hydrogen-bond donors (Lipinski definition) is 1. The van der Waals surface area contributed by atoms with E-state index in [1.807, 2.05) is 19.1 Å². The van der Waals surface area contributed by atoms with E-state index in [0.717, 1.165) is 31.5 Å². The third kappa shape index (κ3) is 2.52. The van der Waals surface area contributed by atoms with Crippen LogP contribution < -0.4 is 4.74 Å². The van der Waals surface area contributed by atoms with Crippen molar-refractivity contribution >= 4 is 5.78 Å². The van der Waals surface area contributed by atoms with E-state index < -0.39 is 5.41 Å². The van der Waals surface area contributed by atoms with Crippen molar-refractivity contribution in [3.63, 3.8) is 0 Å². The zero-order valence-corrected chi connectivity index (χ0v) is 12.5. The van der Waals surface area contributed by atoms with Gasteiger partial charge in [0.1, 0.15) is 5.78 Å². The maximum atomic E-state index is 12.6. The van der Waals surface area contributed by atoms with Gasteiger partial charge < -0.3 is 14.7 Å². The number of phenolic OH excluding ortho intramolecular Hbond substituents is 1. The highest BCUT2D eigenvalue weighted by Gasteiger charge is 2.41. The van der Waals surface area contributed by atoms with Crippen LogP contribution in [0.3, 0.4) is 0 Å². The molecular weight excluding hydrogens is 254 g/mol. The highest BCUT2D eigenvalue weighted by molar-refractivity contribution is 5.90. The number of nitrogens with zero attached hydrogens (tertiary/aromatic N) is 1. The smallest absolute Gasteiger partial charge is 0.160 e. The van der Waals surface area contributed by atoms with Crippen LogP contribution in [-0.2, 0) is 10.2 Å². The Bertz CT molecular complexity index is 490. The number of hydrogen-bond acceptors (Lipinski definition) is 4. The summed E-state index contributed by atoms with van der Waals surface area (Å²) >= 11 is 0. The first-order chi connectivity index (χ1) is 9.53. The van der Waals surface area contributed by atoms with Crippen LogP contribution in [0.15, 0.2) is 18.2 Å². The van der Waals surface area contributed by atoms with Crippen molar-refractivity contribution in [3.05, 3.63) is 23.8 Å². The standard InChI is InChI=1S/C16H23NO3/c1-4-15(19)16(7-9-17(2)10-8-16)12-5-6-13(18)14(11-12)20-3/h5-6,11,18H,4,7-10H2,1-3H3. The second-order valence-electron chi connectivity index (χ2n) is 5.55. The maximum Gasteiger partial charge on any atom is 0.160 e. The molecule has 1 N–H and O–H groups in total. The minimum Gasteiger partial charge on any atom is -0.504 e. The maximum absolute atomic E-state index is 12.6. The Morgan fingerprint density at radius 1 is 1.40 bits per heavy atom. The Hall–Kier alpha value is -1.55. The average Bonchev–Trinajstić information content (AvgIpc) is 2.48. The third-order valence-electron chi connectivity index (χ3n) is 4.43. The van der Waals surface area contributed by atoms with Gasteiger partial charge in [-0.1, -0.05) is 13.0 Å². The first-order valence-electron chi connectivity index (χ1n) is 7.13. The Morgan fingerprint density at radius 3 is 2.60 bits per heavy atom. The monoisotopic (exact) mass is 277 g/mol. The molecule has 0 saturated carbocycles. The molecule has 0 amide bonds. The number of ether oxygens (including phenoxy) is 1. The molecule has 1 aliphatic heterocycles. The van der Waals surface area contributed by atoms with Crippen molar-refractivity contribution in [2.45, 2.75) is 31.6 Å². The van der Waals surface area contributed by atoms with E-state index in [1.54, 1.807) is 6.07 Å². The number of ketones is 1. The summed E-state index contributed by atoms with van der Waals surface area (Å²) < 4.78 is 5.18. The molecule has 110 valence electrons. The van der Waals surface area contributed by atoms with Gasteiger partial charge in [0.25, 0.3) is 0 Å². The van der Waals surface area contributed by atoms with Crippen molar-refractivity contribution in [2.24, 2.45) is 0 Å². The van der Waals surface area contributed by atoms with Crippen molar-refractivity contribution in [1.82, 2.24) is 4.90 Å². The van der Waals surface area contributed by atoms with E-state index in [-0.39, 0.29) is 11.5 Å². The van der Waals surface area contributed by atoms with Gasteiger partial charge >= 0.3 is 0 Å². The molecule has 20 heavy (non-hydrogen) atoms. The van der Waals surface area contributed by atoms with Gasteiger partial charge in [-0.2, -0.15) is 0 Å². The highest BCUT2D eigenvalue weighted by Crippen LogP contribution is 2.40. The number of piperidine rings is 1. The largest absolute Gasteiger partial charge is 0.504 e. The lowest BCUT2D eigenvalue weighted by molar-refractivity contribution is -0.126. The minimum atomic E-state index is -0.428. The van der Waals surface area contributed by atoms with Crippen LogP contribution >= 0.6 is 0 Å². The molecule has 1 fully saturated rings. The summed E-state index contributed by atoms with van der Waals surface area (Å²) in [5, 5.41) is 9.74. The van der Waals surface area contributed by atoms with Gasteiger partial charge in [-0.25, -0.2) is 0 Å². The van der Waals surface area contributed by atoms with Gasteiger partial charge in [0.05, 0.1) is 12.5 Å². The third-order valence-corrected chi connectivity index (χ3v) is 4.43. The number of rotatable bonds is 4. The van der Waals surface area contributed by atoms with E-state index in [2.05, 4.69) is 11.9 Å². The summed E-state index contributed by atoms with van der Waals surface area (Å²) in [6.07, 6.45) is 2.18. The van der Waals surface area contributed by atoms with Gasteiger partial charge in [-0.05, 0) is 50.7 Å². The van der Waals surface area contributed by atoms with Crippen molar-refractivity contribution < 1.29 is 14.6 Å². The molecular formula is C16H23NO3. The van der Waals surface area contributed by atoms with Gasteiger partial charge in [0, 0.05) is 6.42 Å². The summed E-state index contributed by atoms with van der Waals surface area (Å²) in [7, 11) is 3.61. The first-order valence-corrected chi connectivity index (χ1v) is 7.13. The Kier molecular flexibility index (Phi) is 4.33. The van der Waals surface area contributed by atoms with Gasteiger partial charge in [0.15, 0.2) is 11.5 Å².